The van der Waals surface area contributed by atoms with Gasteiger partial charge in [0.15, 0.2) is 5.78 Å². The van der Waals surface area contributed by atoms with Gasteiger partial charge in [-0.3, -0.25) is 4.79 Å². The first-order valence-electron chi connectivity index (χ1n) is 5.53. The zero-order valence-electron chi connectivity index (χ0n) is 9.34. The Morgan fingerprint density at radius 2 is 1.93 bits per heavy atom. The van der Waals surface area contributed by atoms with Crippen molar-refractivity contribution in [2.45, 2.75) is 32.7 Å². The lowest BCUT2D eigenvalue weighted by Crippen LogP contribution is -2.30. The van der Waals surface area contributed by atoms with E-state index in [1.54, 1.807) is 0 Å². The number of Topliss-reactive ketones (excluding diaryl/α,β-unsaturated/α-hetero) is 1. The van der Waals surface area contributed by atoms with Crippen LogP contribution in [0, 0.1) is 13.8 Å². The van der Waals surface area contributed by atoms with Gasteiger partial charge in [-0.2, -0.15) is 0 Å². The molecule has 1 atom stereocenters. The van der Waals surface area contributed by atoms with Crippen molar-refractivity contribution in [2.24, 2.45) is 0 Å². The summed E-state index contributed by atoms with van der Waals surface area (Å²) in [6.07, 6.45) is 2.09. The van der Waals surface area contributed by atoms with Gasteiger partial charge in [0, 0.05) is 5.56 Å². The number of nitrogens with one attached hydrogen (secondary N) is 1. The number of ketones is 1. The first-order chi connectivity index (χ1) is 7.16. The fourth-order valence-corrected chi connectivity index (χ4v) is 2.23. The molecule has 1 N–H and O–H groups in total. The zero-order chi connectivity index (χ0) is 10.8. The van der Waals surface area contributed by atoms with Gasteiger partial charge in [0.05, 0.1) is 6.04 Å². The molecule has 0 amide bonds. The van der Waals surface area contributed by atoms with Crippen LogP contribution in [0.1, 0.15) is 34.3 Å². The van der Waals surface area contributed by atoms with Gasteiger partial charge in [-0.25, -0.2) is 0 Å². The molecule has 1 fully saturated rings. The average Bonchev–Trinajstić information content (AvgIpc) is 2.67. The lowest BCUT2D eigenvalue weighted by Gasteiger charge is -2.10. The largest absolute Gasteiger partial charge is 0.307 e. The molecule has 80 valence electrons. The summed E-state index contributed by atoms with van der Waals surface area (Å²) in [4.78, 5) is 12.1. The van der Waals surface area contributed by atoms with Gasteiger partial charge in [-0.15, -0.1) is 0 Å². The maximum atomic E-state index is 12.1. The van der Waals surface area contributed by atoms with Gasteiger partial charge >= 0.3 is 0 Å². The van der Waals surface area contributed by atoms with Crippen molar-refractivity contribution in [3.8, 4) is 0 Å². The SMILES string of the molecule is Cc1cc(C)cc(C(=O)C2CCCN2)c1. The number of aryl methyl sites for hydroxylation is 2. The van der Waals surface area contributed by atoms with Crippen molar-refractivity contribution in [1.29, 1.82) is 0 Å². The minimum atomic E-state index is 0.0474. The van der Waals surface area contributed by atoms with Gasteiger partial charge in [-0.1, -0.05) is 17.2 Å². The van der Waals surface area contributed by atoms with Crippen molar-refractivity contribution >= 4 is 5.78 Å². The van der Waals surface area contributed by atoms with Gasteiger partial charge in [0.2, 0.25) is 0 Å². The molecule has 1 heterocycles. The highest BCUT2D eigenvalue weighted by Crippen LogP contribution is 2.15. The van der Waals surface area contributed by atoms with Gasteiger partial charge in [0.25, 0.3) is 0 Å². The molecule has 1 aromatic carbocycles. The fraction of sp³-hybridized carbons (Fsp3) is 0.462. The lowest BCUT2D eigenvalue weighted by atomic mass is 9.99. The van der Waals surface area contributed by atoms with Gasteiger partial charge in [0.1, 0.15) is 0 Å². The topological polar surface area (TPSA) is 29.1 Å². The summed E-state index contributed by atoms with van der Waals surface area (Å²) in [6, 6.07) is 6.11. The molecule has 1 aromatic rings. The molecule has 1 saturated heterocycles. The second-order valence-corrected chi connectivity index (χ2v) is 4.39. The van der Waals surface area contributed by atoms with E-state index < -0.39 is 0 Å². The molecule has 0 bridgehead atoms. The van der Waals surface area contributed by atoms with Crippen LogP contribution in [-0.4, -0.2) is 18.4 Å². The molecule has 15 heavy (non-hydrogen) atoms. The Bertz CT molecular complexity index is 358. The smallest absolute Gasteiger partial charge is 0.179 e. The number of carbonyl (C=O) groups excluding carboxylic acids is 1. The number of benzene rings is 1. The van der Waals surface area contributed by atoms with Crippen LogP contribution in [0.4, 0.5) is 0 Å². The first-order valence-corrected chi connectivity index (χ1v) is 5.53. The Morgan fingerprint density at radius 3 is 2.47 bits per heavy atom. The fourth-order valence-electron chi connectivity index (χ4n) is 2.23. The highest BCUT2D eigenvalue weighted by atomic mass is 16.1. The summed E-state index contributed by atoms with van der Waals surface area (Å²) >= 11 is 0. The Balaban J connectivity index is 2.24. The predicted octanol–water partition coefficient (Wildman–Crippen LogP) is 2.24. The molecular formula is C13H17NO. The van der Waals surface area contributed by atoms with Crippen molar-refractivity contribution in [2.75, 3.05) is 6.54 Å². The molecule has 2 heteroatoms. The molecule has 2 rings (SSSR count). The monoisotopic (exact) mass is 203 g/mol. The summed E-state index contributed by atoms with van der Waals surface area (Å²) in [5.41, 5.74) is 3.18. The molecule has 2 nitrogen and oxygen atoms in total. The average molecular weight is 203 g/mol. The maximum absolute atomic E-state index is 12.1. The van der Waals surface area contributed by atoms with E-state index >= 15 is 0 Å². The summed E-state index contributed by atoms with van der Waals surface area (Å²) in [7, 11) is 0. The van der Waals surface area contributed by atoms with E-state index in [0.717, 1.165) is 36.1 Å². The van der Waals surface area contributed by atoms with E-state index in [4.69, 9.17) is 0 Å². The van der Waals surface area contributed by atoms with E-state index in [2.05, 4.69) is 11.4 Å². The van der Waals surface area contributed by atoms with E-state index in [-0.39, 0.29) is 11.8 Å². The Hall–Kier alpha value is -1.15. The minimum absolute atomic E-state index is 0.0474. The van der Waals surface area contributed by atoms with E-state index in [1.165, 1.54) is 0 Å². The summed E-state index contributed by atoms with van der Waals surface area (Å²) in [5, 5.41) is 3.24. The van der Waals surface area contributed by atoms with Crippen LogP contribution in [0.3, 0.4) is 0 Å². The van der Waals surface area contributed by atoms with Crippen LogP contribution in [0.5, 0.6) is 0 Å². The van der Waals surface area contributed by atoms with E-state index in [1.807, 2.05) is 26.0 Å². The van der Waals surface area contributed by atoms with E-state index in [9.17, 15) is 4.79 Å². The third-order valence-electron chi connectivity index (χ3n) is 2.88. The number of carbonyl (C=O) groups is 1. The van der Waals surface area contributed by atoms with Crippen molar-refractivity contribution in [3.63, 3.8) is 0 Å². The molecule has 1 aliphatic rings. The quantitative estimate of drug-likeness (QED) is 0.747. The van der Waals surface area contributed by atoms with E-state index in [0.29, 0.717) is 0 Å². The second kappa shape index (κ2) is 4.15. The Kier molecular flexibility index (Phi) is 2.87. The van der Waals surface area contributed by atoms with Crippen LogP contribution in [0.15, 0.2) is 18.2 Å². The van der Waals surface area contributed by atoms with Crippen LogP contribution in [0.2, 0.25) is 0 Å². The van der Waals surface area contributed by atoms with Crippen molar-refractivity contribution < 1.29 is 4.79 Å². The summed E-state index contributed by atoms with van der Waals surface area (Å²) in [5.74, 6) is 0.249. The maximum Gasteiger partial charge on any atom is 0.179 e. The number of hydrogen-bond donors (Lipinski definition) is 1. The van der Waals surface area contributed by atoms with Crippen LogP contribution in [0.25, 0.3) is 0 Å². The van der Waals surface area contributed by atoms with Crippen molar-refractivity contribution in [1.82, 2.24) is 5.32 Å². The first kappa shape index (κ1) is 10.4. The summed E-state index contributed by atoms with van der Waals surface area (Å²) < 4.78 is 0. The summed E-state index contributed by atoms with van der Waals surface area (Å²) in [6.45, 7) is 5.04. The molecule has 1 aliphatic heterocycles. The van der Waals surface area contributed by atoms with Crippen LogP contribution >= 0.6 is 0 Å². The molecule has 0 aromatic heterocycles. The highest BCUT2D eigenvalue weighted by molar-refractivity contribution is 6.00. The second-order valence-electron chi connectivity index (χ2n) is 4.39. The number of rotatable bonds is 2. The molecular weight excluding hydrogens is 186 g/mol. The van der Waals surface area contributed by atoms with Crippen LogP contribution < -0.4 is 5.32 Å². The Labute approximate surface area is 90.7 Å². The molecule has 0 aliphatic carbocycles. The highest BCUT2D eigenvalue weighted by Gasteiger charge is 2.23. The zero-order valence-corrected chi connectivity index (χ0v) is 9.34. The predicted molar refractivity (Wildman–Crippen MR) is 61.3 cm³/mol. The van der Waals surface area contributed by atoms with Gasteiger partial charge in [-0.05, 0) is 45.4 Å². The molecule has 0 saturated carbocycles. The standard InChI is InChI=1S/C13H17NO/c1-9-6-10(2)8-11(7-9)13(15)12-4-3-5-14-12/h6-8,12,14H,3-5H2,1-2H3. The van der Waals surface area contributed by atoms with Crippen molar-refractivity contribution in [3.05, 3.63) is 34.9 Å². The molecule has 0 spiro atoms. The van der Waals surface area contributed by atoms with Crippen LogP contribution in [-0.2, 0) is 0 Å². The lowest BCUT2D eigenvalue weighted by molar-refractivity contribution is 0.0952. The molecule has 0 radical (unpaired) electrons. The minimum Gasteiger partial charge on any atom is -0.307 e. The third-order valence-corrected chi connectivity index (χ3v) is 2.88. The third kappa shape index (κ3) is 2.26. The Morgan fingerprint density at radius 1 is 1.27 bits per heavy atom. The normalized spacial score (nSPS) is 20.5. The number of hydrogen-bond acceptors (Lipinski definition) is 2. The molecule has 1 unspecified atom stereocenters. The van der Waals surface area contributed by atoms with Gasteiger partial charge < -0.3 is 5.32 Å².